The fourth-order valence-corrected chi connectivity index (χ4v) is 1.07. The van der Waals surface area contributed by atoms with Gasteiger partial charge in [0.15, 0.2) is 0 Å². The summed E-state index contributed by atoms with van der Waals surface area (Å²) in [5.41, 5.74) is 5.57. The first kappa shape index (κ1) is 12.2. The van der Waals surface area contributed by atoms with Gasteiger partial charge in [0.05, 0.1) is 0 Å². The predicted molar refractivity (Wildman–Crippen MR) is 55.3 cm³/mol. The Kier molecular flexibility index (Phi) is 6.24. The highest BCUT2D eigenvalue weighted by atomic mass is 16.2. The Bertz CT molecular complexity index is 166. The summed E-state index contributed by atoms with van der Waals surface area (Å²) in [7, 11) is 0. The number of nitrogens with zero attached hydrogens (tertiary/aromatic N) is 1. The van der Waals surface area contributed by atoms with Crippen molar-refractivity contribution < 1.29 is 4.79 Å². The van der Waals surface area contributed by atoms with E-state index in [1.165, 1.54) is 0 Å². The molecule has 13 heavy (non-hydrogen) atoms. The van der Waals surface area contributed by atoms with Crippen LogP contribution >= 0.6 is 0 Å². The quantitative estimate of drug-likeness (QED) is 0.629. The normalized spacial score (nSPS) is 12.2. The molecule has 2 N–H and O–H groups in total. The van der Waals surface area contributed by atoms with E-state index >= 15 is 0 Å². The van der Waals surface area contributed by atoms with Crippen molar-refractivity contribution in [2.45, 2.75) is 32.7 Å². The van der Waals surface area contributed by atoms with E-state index in [9.17, 15) is 4.79 Å². The maximum absolute atomic E-state index is 11.5. The van der Waals surface area contributed by atoms with Crippen molar-refractivity contribution in [3.8, 4) is 0 Å². The number of carbonyl (C=O) groups is 1. The lowest BCUT2D eigenvalue weighted by Crippen LogP contribution is -2.31. The number of likely N-dealkylation sites (N-methyl/N-ethyl adjacent to an activating group) is 1. The van der Waals surface area contributed by atoms with Crippen LogP contribution in [0.5, 0.6) is 0 Å². The van der Waals surface area contributed by atoms with Crippen LogP contribution < -0.4 is 5.73 Å². The molecule has 1 atom stereocenters. The minimum Gasteiger partial charge on any atom is -0.339 e. The van der Waals surface area contributed by atoms with E-state index in [4.69, 9.17) is 5.73 Å². The van der Waals surface area contributed by atoms with Gasteiger partial charge in [-0.1, -0.05) is 6.08 Å². The van der Waals surface area contributed by atoms with E-state index in [0.29, 0.717) is 13.0 Å². The van der Waals surface area contributed by atoms with Crippen molar-refractivity contribution in [3.05, 3.63) is 12.7 Å². The molecule has 0 heterocycles. The van der Waals surface area contributed by atoms with Crippen molar-refractivity contribution in [2.75, 3.05) is 13.1 Å². The van der Waals surface area contributed by atoms with E-state index < -0.39 is 0 Å². The van der Waals surface area contributed by atoms with Crippen LogP contribution in [0.1, 0.15) is 26.7 Å². The van der Waals surface area contributed by atoms with Crippen molar-refractivity contribution in [3.63, 3.8) is 0 Å². The average Bonchev–Trinajstić information content (AvgIpc) is 2.10. The Balaban J connectivity index is 3.83. The van der Waals surface area contributed by atoms with Crippen molar-refractivity contribution >= 4 is 5.91 Å². The van der Waals surface area contributed by atoms with Gasteiger partial charge in [0.25, 0.3) is 0 Å². The summed E-state index contributed by atoms with van der Waals surface area (Å²) in [5, 5.41) is 0. The van der Waals surface area contributed by atoms with Crippen LogP contribution in [0.4, 0.5) is 0 Å². The number of hydrogen-bond acceptors (Lipinski definition) is 2. The van der Waals surface area contributed by atoms with Crippen LogP contribution in [0.25, 0.3) is 0 Å². The summed E-state index contributed by atoms with van der Waals surface area (Å²) in [4.78, 5) is 13.3. The van der Waals surface area contributed by atoms with E-state index in [2.05, 4.69) is 6.58 Å². The zero-order chi connectivity index (χ0) is 10.3. The summed E-state index contributed by atoms with van der Waals surface area (Å²) in [6, 6.07) is 0.103. The first-order valence-electron chi connectivity index (χ1n) is 4.76. The summed E-state index contributed by atoms with van der Waals surface area (Å²) in [5.74, 6) is 0.166. The number of carbonyl (C=O) groups excluding carboxylic acids is 1. The predicted octanol–water partition coefficient (Wildman–Crippen LogP) is 1.15. The largest absolute Gasteiger partial charge is 0.339 e. The second kappa shape index (κ2) is 6.66. The van der Waals surface area contributed by atoms with Gasteiger partial charge in [0.1, 0.15) is 0 Å². The number of amides is 1. The van der Waals surface area contributed by atoms with Gasteiger partial charge in [-0.2, -0.15) is 0 Å². The molecule has 0 aromatic carbocycles. The second-order valence-electron chi connectivity index (χ2n) is 3.24. The van der Waals surface area contributed by atoms with Crippen molar-refractivity contribution in [2.24, 2.45) is 5.73 Å². The SMILES string of the molecule is C=CCN(CC)C(=O)CCC(C)N. The minimum absolute atomic E-state index is 0.103. The molecular weight excluding hydrogens is 164 g/mol. The van der Waals surface area contributed by atoms with E-state index in [1.807, 2.05) is 13.8 Å². The molecule has 0 aromatic rings. The topological polar surface area (TPSA) is 46.3 Å². The van der Waals surface area contributed by atoms with E-state index in [0.717, 1.165) is 13.0 Å². The zero-order valence-corrected chi connectivity index (χ0v) is 8.62. The highest BCUT2D eigenvalue weighted by Gasteiger charge is 2.09. The zero-order valence-electron chi connectivity index (χ0n) is 8.62. The molecule has 0 fully saturated rings. The fraction of sp³-hybridized carbons (Fsp3) is 0.700. The fourth-order valence-electron chi connectivity index (χ4n) is 1.07. The van der Waals surface area contributed by atoms with Crippen molar-refractivity contribution in [1.29, 1.82) is 0 Å². The molecule has 0 aliphatic heterocycles. The minimum atomic E-state index is 0.103. The Morgan fingerprint density at radius 2 is 2.31 bits per heavy atom. The van der Waals surface area contributed by atoms with Gasteiger partial charge in [0.2, 0.25) is 5.91 Å². The average molecular weight is 184 g/mol. The van der Waals surface area contributed by atoms with Crippen LogP contribution in [0.2, 0.25) is 0 Å². The molecule has 0 saturated heterocycles. The van der Waals surface area contributed by atoms with Crippen LogP contribution in [-0.4, -0.2) is 29.9 Å². The molecule has 0 aromatic heterocycles. The highest BCUT2D eigenvalue weighted by molar-refractivity contribution is 5.76. The van der Waals surface area contributed by atoms with Crippen LogP contribution in [-0.2, 0) is 4.79 Å². The lowest BCUT2D eigenvalue weighted by Gasteiger charge is -2.19. The number of rotatable bonds is 6. The molecule has 3 nitrogen and oxygen atoms in total. The van der Waals surface area contributed by atoms with Crippen molar-refractivity contribution in [1.82, 2.24) is 4.90 Å². The van der Waals surface area contributed by atoms with Gasteiger partial charge in [-0.15, -0.1) is 6.58 Å². The molecule has 0 bridgehead atoms. The second-order valence-corrected chi connectivity index (χ2v) is 3.24. The summed E-state index contributed by atoms with van der Waals surface area (Å²) in [6.07, 6.45) is 3.04. The maximum atomic E-state index is 11.5. The molecule has 3 heteroatoms. The molecule has 0 aliphatic rings. The molecule has 0 rings (SSSR count). The molecule has 76 valence electrons. The summed E-state index contributed by atoms with van der Waals surface area (Å²) < 4.78 is 0. The Hall–Kier alpha value is -0.830. The van der Waals surface area contributed by atoms with Gasteiger partial charge >= 0.3 is 0 Å². The number of hydrogen-bond donors (Lipinski definition) is 1. The molecule has 1 unspecified atom stereocenters. The first-order chi connectivity index (χ1) is 6.11. The standard InChI is InChI=1S/C10H20N2O/c1-4-8-12(5-2)10(13)7-6-9(3)11/h4,9H,1,5-8,11H2,2-3H3. The monoisotopic (exact) mass is 184 g/mol. The number of nitrogens with two attached hydrogens (primary N) is 1. The van der Waals surface area contributed by atoms with Gasteiger partial charge in [-0.05, 0) is 20.3 Å². The Labute approximate surface area is 80.6 Å². The Morgan fingerprint density at radius 1 is 1.69 bits per heavy atom. The summed E-state index contributed by atoms with van der Waals surface area (Å²) >= 11 is 0. The third-order valence-electron chi connectivity index (χ3n) is 1.90. The van der Waals surface area contributed by atoms with Crippen LogP contribution in [0, 0.1) is 0 Å². The van der Waals surface area contributed by atoms with E-state index in [1.54, 1.807) is 11.0 Å². The summed E-state index contributed by atoms with van der Waals surface area (Å²) in [6.45, 7) is 8.86. The van der Waals surface area contributed by atoms with Gasteiger partial charge in [-0.25, -0.2) is 0 Å². The molecule has 0 radical (unpaired) electrons. The lowest BCUT2D eigenvalue weighted by atomic mass is 10.2. The van der Waals surface area contributed by atoms with E-state index in [-0.39, 0.29) is 11.9 Å². The van der Waals surface area contributed by atoms with Gasteiger partial charge in [-0.3, -0.25) is 4.79 Å². The van der Waals surface area contributed by atoms with Crippen LogP contribution in [0.15, 0.2) is 12.7 Å². The van der Waals surface area contributed by atoms with Crippen LogP contribution in [0.3, 0.4) is 0 Å². The smallest absolute Gasteiger partial charge is 0.222 e. The van der Waals surface area contributed by atoms with Gasteiger partial charge < -0.3 is 10.6 Å². The Morgan fingerprint density at radius 3 is 2.69 bits per heavy atom. The molecule has 0 saturated carbocycles. The molecule has 0 spiro atoms. The molecular formula is C10H20N2O. The molecule has 1 amide bonds. The first-order valence-corrected chi connectivity index (χ1v) is 4.76. The molecule has 0 aliphatic carbocycles. The third kappa shape index (κ3) is 5.42. The highest BCUT2D eigenvalue weighted by Crippen LogP contribution is 1.99. The lowest BCUT2D eigenvalue weighted by molar-refractivity contribution is -0.130. The van der Waals surface area contributed by atoms with Gasteiger partial charge in [0, 0.05) is 25.6 Å². The third-order valence-corrected chi connectivity index (χ3v) is 1.90. The maximum Gasteiger partial charge on any atom is 0.222 e.